The lowest BCUT2D eigenvalue weighted by Crippen LogP contribution is -2.50. The van der Waals surface area contributed by atoms with Gasteiger partial charge in [-0.15, -0.1) is 0 Å². The van der Waals surface area contributed by atoms with E-state index in [4.69, 9.17) is 37.5 Å². The van der Waals surface area contributed by atoms with Crippen molar-refractivity contribution in [3.63, 3.8) is 0 Å². The Morgan fingerprint density at radius 3 is 1.79 bits per heavy atom. The van der Waals surface area contributed by atoms with Gasteiger partial charge in [0, 0.05) is 56.3 Å². The second kappa shape index (κ2) is 12.0. The normalized spacial score (nSPS) is 13.1. The molecule has 0 radical (unpaired) electrons. The van der Waals surface area contributed by atoms with Gasteiger partial charge < -0.3 is 36.5 Å². The van der Waals surface area contributed by atoms with E-state index < -0.39 is 0 Å². The molecule has 3 aromatic rings. The number of nitrogens with zero attached hydrogens (tertiary/aromatic N) is 3. The van der Waals surface area contributed by atoms with Crippen molar-refractivity contribution in [3.05, 3.63) is 77.4 Å². The number of carbonyl (C=O) groups is 2. The largest absolute Gasteiger partial charge is 0.439 e. The van der Waals surface area contributed by atoms with E-state index in [9.17, 15) is 9.59 Å². The predicted octanol–water partition coefficient (Wildman–Crippen LogP) is 1.87. The molecular weight excluding hydrogens is 500 g/mol. The van der Waals surface area contributed by atoms with Crippen LogP contribution in [0.4, 0.5) is 0 Å². The fraction of sp³-hybridized carbons (Fsp3) is 0.222. The molecule has 1 aliphatic heterocycles. The number of ether oxygens (including phenoxy) is 2. The van der Waals surface area contributed by atoms with Gasteiger partial charge in [0.2, 0.25) is 17.7 Å². The number of hydrogen-bond donors (Lipinski definition) is 5. The Morgan fingerprint density at radius 1 is 0.769 bits per heavy atom. The van der Waals surface area contributed by atoms with Crippen molar-refractivity contribution in [3.8, 4) is 23.3 Å². The van der Waals surface area contributed by atoms with Crippen LogP contribution in [0.25, 0.3) is 0 Å². The van der Waals surface area contributed by atoms with E-state index in [0.717, 1.165) is 0 Å². The molecule has 1 saturated heterocycles. The molecule has 0 bridgehead atoms. The van der Waals surface area contributed by atoms with Gasteiger partial charge in [-0.05, 0) is 54.6 Å². The van der Waals surface area contributed by atoms with Gasteiger partial charge in [0.15, 0.2) is 0 Å². The Labute approximate surface area is 225 Å². The highest BCUT2D eigenvalue weighted by molar-refractivity contribution is 5.97. The summed E-state index contributed by atoms with van der Waals surface area (Å²) in [7, 11) is 0. The SMILES string of the molecule is N=C(N)c1ccc(Oc2ccc(C(=O)N3CCN(C(=O)CCN)CC3)c(Oc3ccc(C(=N)N)cc3)n2)cc1. The van der Waals surface area contributed by atoms with Crippen LogP contribution >= 0.6 is 0 Å². The Bertz CT molecular complexity index is 1370. The number of amides is 2. The predicted molar refractivity (Wildman–Crippen MR) is 145 cm³/mol. The average Bonchev–Trinajstić information content (AvgIpc) is 2.94. The zero-order valence-electron chi connectivity index (χ0n) is 21.2. The summed E-state index contributed by atoms with van der Waals surface area (Å²) < 4.78 is 11.9. The first-order chi connectivity index (χ1) is 18.7. The van der Waals surface area contributed by atoms with Crippen LogP contribution in [0.2, 0.25) is 0 Å². The number of hydrogen-bond acceptors (Lipinski definition) is 8. The van der Waals surface area contributed by atoms with Crippen LogP contribution in [0.1, 0.15) is 27.9 Å². The van der Waals surface area contributed by atoms with E-state index >= 15 is 0 Å². The Balaban J connectivity index is 1.57. The van der Waals surface area contributed by atoms with E-state index in [2.05, 4.69) is 4.98 Å². The molecule has 2 aromatic carbocycles. The monoisotopic (exact) mass is 530 g/mol. The molecule has 0 spiro atoms. The molecule has 12 nitrogen and oxygen atoms in total. The molecule has 39 heavy (non-hydrogen) atoms. The van der Waals surface area contributed by atoms with E-state index in [1.54, 1.807) is 70.5 Å². The first-order valence-electron chi connectivity index (χ1n) is 12.3. The third-order valence-corrected chi connectivity index (χ3v) is 6.11. The van der Waals surface area contributed by atoms with E-state index in [0.29, 0.717) is 48.8 Å². The Hall–Kier alpha value is -4.97. The molecule has 2 heterocycles. The molecule has 2 amide bonds. The number of nitrogens with two attached hydrogens (primary N) is 3. The maximum Gasteiger partial charge on any atom is 0.259 e. The zero-order valence-corrected chi connectivity index (χ0v) is 21.2. The molecule has 1 fully saturated rings. The van der Waals surface area contributed by atoms with Crippen LogP contribution in [-0.2, 0) is 4.79 Å². The first-order valence-corrected chi connectivity index (χ1v) is 12.3. The summed E-state index contributed by atoms with van der Waals surface area (Å²) in [5.74, 6) is 0.626. The summed E-state index contributed by atoms with van der Waals surface area (Å²) in [6.07, 6.45) is 0.275. The topological polar surface area (TPSA) is 198 Å². The maximum atomic E-state index is 13.5. The fourth-order valence-electron chi connectivity index (χ4n) is 3.97. The van der Waals surface area contributed by atoms with Gasteiger partial charge in [-0.25, -0.2) is 0 Å². The number of nitrogens with one attached hydrogen (secondary N) is 2. The van der Waals surface area contributed by atoms with Gasteiger partial charge in [-0.1, -0.05) is 0 Å². The number of nitrogen functional groups attached to an aromatic ring is 2. The maximum absolute atomic E-state index is 13.5. The van der Waals surface area contributed by atoms with Crippen molar-refractivity contribution >= 4 is 23.5 Å². The van der Waals surface area contributed by atoms with Crippen molar-refractivity contribution in [1.82, 2.24) is 14.8 Å². The number of benzene rings is 2. The highest BCUT2D eigenvalue weighted by Crippen LogP contribution is 2.30. The van der Waals surface area contributed by atoms with Gasteiger partial charge in [-0.3, -0.25) is 20.4 Å². The Morgan fingerprint density at radius 2 is 1.28 bits per heavy atom. The lowest BCUT2D eigenvalue weighted by Gasteiger charge is -2.35. The number of rotatable bonds is 9. The average molecular weight is 531 g/mol. The number of pyridine rings is 1. The van der Waals surface area contributed by atoms with Crippen molar-refractivity contribution < 1.29 is 19.1 Å². The highest BCUT2D eigenvalue weighted by atomic mass is 16.5. The second-order valence-electron chi connectivity index (χ2n) is 8.79. The standard InChI is InChI=1S/C27H30N8O4/c28-12-11-23(36)34-13-15-35(16-14-34)27(37)21-9-10-22(38-19-5-1-17(2-6-19)24(29)30)33-26(21)39-20-7-3-18(4-8-20)25(31)32/h1-10H,11-16,28H2,(H3,29,30)(H3,31,32). The molecule has 8 N–H and O–H groups in total. The van der Waals surface area contributed by atoms with Gasteiger partial charge in [0.05, 0.1) is 0 Å². The summed E-state index contributed by atoms with van der Waals surface area (Å²) >= 11 is 0. The van der Waals surface area contributed by atoms with Gasteiger partial charge >= 0.3 is 0 Å². The summed E-state index contributed by atoms with van der Waals surface area (Å²) in [6.45, 7) is 1.84. The van der Waals surface area contributed by atoms with Crippen LogP contribution in [0.3, 0.4) is 0 Å². The summed E-state index contributed by atoms with van der Waals surface area (Å²) in [6, 6.07) is 16.3. The van der Waals surface area contributed by atoms with Crippen LogP contribution in [0.15, 0.2) is 60.7 Å². The fourth-order valence-corrected chi connectivity index (χ4v) is 3.97. The van der Waals surface area contributed by atoms with Crippen molar-refractivity contribution in [2.75, 3.05) is 32.7 Å². The van der Waals surface area contributed by atoms with Crippen LogP contribution < -0.4 is 26.7 Å². The third kappa shape index (κ3) is 6.67. The summed E-state index contributed by atoms with van der Waals surface area (Å²) in [5, 5.41) is 15.1. The molecule has 0 unspecified atom stereocenters. The van der Waals surface area contributed by atoms with Crippen molar-refractivity contribution in [1.29, 1.82) is 10.8 Å². The van der Waals surface area contributed by atoms with E-state index in [1.807, 2.05) is 0 Å². The molecule has 0 saturated carbocycles. The molecule has 12 heteroatoms. The number of piperazine rings is 1. The van der Waals surface area contributed by atoms with Crippen LogP contribution in [0.5, 0.6) is 23.3 Å². The lowest BCUT2D eigenvalue weighted by molar-refractivity contribution is -0.132. The lowest BCUT2D eigenvalue weighted by atomic mass is 10.2. The number of carbonyl (C=O) groups excluding carboxylic acids is 2. The smallest absolute Gasteiger partial charge is 0.259 e. The van der Waals surface area contributed by atoms with Gasteiger partial charge in [0.25, 0.3) is 5.91 Å². The summed E-state index contributed by atoms with van der Waals surface area (Å²) in [5.41, 5.74) is 17.9. The minimum absolute atomic E-state index is 0.0258. The van der Waals surface area contributed by atoms with Crippen LogP contribution in [0, 0.1) is 10.8 Å². The summed E-state index contributed by atoms with van der Waals surface area (Å²) in [4.78, 5) is 33.5. The third-order valence-electron chi connectivity index (χ3n) is 6.11. The second-order valence-corrected chi connectivity index (χ2v) is 8.79. The molecule has 202 valence electrons. The van der Waals surface area contributed by atoms with Crippen molar-refractivity contribution in [2.24, 2.45) is 17.2 Å². The number of amidine groups is 2. The molecule has 1 aromatic heterocycles. The van der Waals surface area contributed by atoms with Crippen LogP contribution in [-0.4, -0.2) is 71.0 Å². The molecule has 1 aliphatic rings. The molecule has 0 atom stereocenters. The van der Waals surface area contributed by atoms with Gasteiger partial charge in [0.1, 0.15) is 28.7 Å². The quantitative estimate of drug-likeness (QED) is 0.204. The van der Waals surface area contributed by atoms with E-state index in [1.165, 1.54) is 0 Å². The zero-order chi connectivity index (χ0) is 27.9. The number of aromatic nitrogens is 1. The highest BCUT2D eigenvalue weighted by Gasteiger charge is 2.27. The first kappa shape index (κ1) is 27.1. The van der Waals surface area contributed by atoms with Gasteiger partial charge in [-0.2, -0.15) is 4.98 Å². The van der Waals surface area contributed by atoms with Crippen molar-refractivity contribution in [2.45, 2.75) is 6.42 Å². The molecular formula is C27H30N8O4. The van der Waals surface area contributed by atoms with E-state index in [-0.39, 0.29) is 53.8 Å². The Kier molecular flexibility index (Phi) is 8.37. The minimum Gasteiger partial charge on any atom is -0.439 e. The molecule has 0 aliphatic carbocycles. The minimum atomic E-state index is -0.291. The molecule has 4 rings (SSSR count).